The van der Waals surface area contributed by atoms with Crippen LogP contribution in [0.2, 0.25) is 0 Å². The Kier molecular flexibility index (Phi) is 4.87. The molecule has 1 aromatic carbocycles. The van der Waals surface area contributed by atoms with Crippen LogP contribution in [0.15, 0.2) is 36.5 Å². The number of hydrogen-bond acceptors (Lipinski definition) is 3. The summed E-state index contributed by atoms with van der Waals surface area (Å²) in [4.78, 5) is 14.4. The molecule has 0 aliphatic heterocycles. The lowest BCUT2D eigenvalue weighted by molar-refractivity contribution is 0.0695. The van der Waals surface area contributed by atoms with Crippen LogP contribution in [0.1, 0.15) is 35.7 Å². The molecule has 0 amide bonds. The van der Waals surface area contributed by atoms with Gasteiger partial charge in [0.2, 0.25) is 0 Å². The molecule has 21 heavy (non-hydrogen) atoms. The average Bonchev–Trinajstić information content (AvgIpc) is 2.48. The first-order chi connectivity index (χ1) is 10.1. The Labute approximate surface area is 122 Å². The van der Waals surface area contributed by atoms with E-state index in [9.17, 15) is 9.18 Å². The van der Waals surface area contributed by atoms with E-state index in [1.807, 2.05) is 12.1 Å². The van der Waals surface area contributed by atoms with Gasteiger partial charge < -0.3 is 9.84 Å². The minimum atomic E-state index is -1.23. The third-order valence-corrected chi connectivity index (χ3v) is 3.01. The van der Waals surface area contributed by atoms with Crippen LogP contribution in [0.4, 0.5) is 4.39 Å². The van der Waals surface area contributed by atoms with E-state index in [0.717, 1.165) is 31.5 Å². The molecule has 0 saturated carbocycles. The number of nitrogens with zero attached hydrogens (tertiary/aromatic N) is 1. The number of pyridine rings is 1. The Morgan fingerprint density at radius 2 is 2.05 bits per heavy atom. The number of hydrogen-bond donors (Lipinski definition) is 1. The number of aromatic carboxylic acids is 1. The predicted octanol–water partition coefficient (Wildman–Crippen LogP) is 4.05. The zero-order valence-corrected chi connectivity index (χ0v) is 11.7. The summed E-state index contributed by atoms with van der Waals surface area (Å²) in [6, 6.07) is 8.23. The van der Waals surface area contributed by atoms with Crippen LogP contribution in [-0.4, -0.2) is 16.1 Å². The van der Waals surface area contributed by atoms with Crippen LogP contribution in [-0.2, 0) is 6.42 Å². The van der Waals surface area contributed by atoms with Gasteiger partial charge in [-0.25, -0.2) is 14.2 Å². The Bertz CT molecular complexity index is 626. The number of aromatic nitrogens is 1. The molecule has 0 radical (unpaired) electrons. The maximum absolute atomic E-state index is 13.7. The summed E-state index contributed by atoms with van der Waals surface area (Å²) in [7, 11) is 0. The minimum Gasteiger partial charge on any atom is -0.478 e. The van der Waals surface area contributed by atoms with Crippen LogP contribution in [0.25, 0.3) is 0 Å². The monoisotopic (exact) mass is 289 g/mol. The highest BCUT2D eigenvalue weighted by Gasteiger charge is 2.11. The van der Waals surface area contributed by atoms with Crippen molar-refractivity contribution in [3.8, 4) is 11.6 Å². The summed E-state index contributed by atoms with van der Waals surface area (Å²) < 4.78 is 19.0. The molecule has 5 heteroatoms. The van der Waals surface area contributed by atoms with E-state index in [2.05, 4.69) is 11.9 Å². The molecule has 110 valence electrons. The summed E-state index contributed by atoms with van der Waals surface area (Å²) in [6.45, 7) is 2.13. The van der Waals surface area contributed by atoms with Crippen LogP contribution >= 0.6 is 0 Å². The summed E-state index contributed by atoms with van der Waals surface area (Å²) in [6.07, 6.45) is 4.31. The van der Waals surface area contributed by atoms with Gasteiger partial charge in [0.05, 0.1) is 5.56 Å². The largest absolute Gasteiger partial charge is 0.478 e. The lowest BCUT2D eigenvalue weighted by atomic mass is 10.1. The molecular weight excluding hydrogens is 273 g/mol. The zero-order valence-electron chi connectivity index (χ0n) is 11.7. The number of carboxylic acid groups (broad SMARTS) is 1. The second kappa shape index (κ2) is 6.83. The van der Waals surface area contributed by atoms with Crippen molar-refractivity contribution in [2.75, 3.05) is 0 Å². The molecule has 0 saturated heterocycles. The standard InChI is InChI=1S/C16H16FNO3/c1-2-3-4-11-5-7-13(8-6-11)21-15-14(17)9-12(10-18-15)16(19)20/h5-10H,2-4H2,1H3,(H,19,20). The summed E-state index contributed by atoms with van der Waals surface area (Å²) >= 11 is 0. The Balaban J connectivity index is 2.09. The molecule has 0 bridgehead atoms. The van der Waals surface area contributed by atoms with Crippen molar-refractivity contribution >= 4 is 5.97 Å². The fourth-order valence-electron chi connectivity index (χ4n) is 1.83. The first kappa shape index (κ1) is 15.0. The number of halogens is 1. The highest BCUT2D eigenvalue weighted by molar-refractivity contribution is 5.87. The molecule has 0 unspecified atom stereocenters. The van der Waals surface area contributed by atoms with Crippen molar-refractivity contribution < 1.29 is 19.0 Å². The quantitative estimate of drug-likeness (QED) is 0.871. The number of benzene rings is 1. The lowest BCUT2D eigenvalue weighted by Crippen LogP contribution is -2.00. The third kappa shape index (κ3) is 4.02. The normalized spacial score (nSPS) is 10.4. The lowest BCUT2D eigenvalue weighted by Gasteiger charge is -2.07. The number of aryl methyl sites for hydroxylation is 1. The molecule has 2 rings (SSSR count). The van der Waals surface area contributed by atoms with E-state index >= 15 is 0 Å². The van der Waals surface area contributed by atoms with Gasteiger partial charge in [-0.3, -0.25) is 0 Å². The first-order valence-corrected chi connectivity index (χ1v) is 6.75. The van der Waals surface area contributed by atoms with Crippen molar-refractivity contribution in [1.29, 1.82) is 0 Å². The average molecular weight is 289 g/mol. The van der Waals surface area contributed by atoms with E-state index in [-0.39, 0.29) is 11.4 Å². The molecule has 0 aliphatic rings. The van der Waals surface area contributed by atoms with Crippen LogP contribution in [0.5, 0.6) is 11.6 Å². The van der Waals surface area contributed by atoms with Gasteiger partial charge in [-0.15, -0.1) is 0 Å². The SMILES string of the molecule is CCCCc1ccc(Oc2ncc(C(=O)O)cc2F)cc1. The van der Waals surface area contributed by atoms with Gasteiger partial charge in [-0.1, -0.05) is 25.5 Å². The van der Waals surface area contributed by atoms with Crippen LogP contribution in [0.3, 0.4) is 0 Å². The predicted molar refractivity (Wildman–Crippen MR) is 76.3 cm³/mol. The van der Waals surface area contributed by atoms with Gasteiger partial charge in [0, 0.05) is 6.20 Å². The maximum Gasteiger partial charge on any atom is 0.337 e. The molecule has 0 aliphatic carbocycles. The number of rotatable bonds is 6. The summed E-state index contributed by atoms with van der Waals surface area (Å²) in [5.41, 5.74) is 0.980. The molecule has 0 spiro atoms. The fourth-order valence-corrected chi connectivity index (χ4v) is 1.83. The van der Waals surface area contributed by atoms with E-state index in [1.165, 1.54) is 5.56 Å². The molecule has 1 aromatic heterocycles. The Morgan fingerprint density at radius 1 is 1.33 bits per heavy atom. The van der Waals surface area contributed by atoms with Gasteiger partial charge in [0.25, 0.3) is 5.88 Å². The maximum atomic E-state index is 13.7. The van der Waals surface area contributed by atoms with Gasteiger partial charge in [-0.2, -0.15) is 0 Å². The van der Waals surface area contributed by atoms with E-state index < -0.39 is 11.8 Å². The van der Waals surface area contributed by atoms with Gasteiger partial charge in [0.15, 0.2) is 5.82 Å². The Morgan fingerprint density at radius 3 is 2.62 bits per heavy atom. The molecule has 4 nitrogen and oxygen atoms in total. The molecule has 0 fully saturated rings. The van der Waals surface area contributed by atoms with Gasteiger partial charge in [0.1, 0.15) is 5.75 Å². The van der Waals surface area contributed by atoms with Crippen LogP contribution < -0.4 is 4.74 Å². The van der Waals surface area contributed by atoms with Gasteiger partial charge in [-0.05, 0) is 36.6 Å². The Hall–Kier alpha value is -2.43. The molecule has 2 aromatic rings. The van der Waals surface area contributed by atoms with Crippen molar-refractivity contribution in [3.63, 3.8) is 0 Å². The van der Waals surface area contributed by atoms with Gasteiger partial charge >= 0.3 is 5.97 Å². The number of carboxylic acids is 1. The zero-order chi connectivity index (χ0) is 15.2. The van der Waals surface area contributed by atoms with Crippen molar-refractivity contribution in [2.24, 2.45) is 0 Å². The second-order valence-corrected chi connectivity index (χ2v) is 4.67. The smallest absolute Gasteiger partial charge is 0.337 e. The minimum absolute atomic E-state index is 0.213. The molecule has 0 atom stereocenters. The number of unbranched alkanes of at least 4 members (excludes halogenated alkanes) is 1. The van der Waals surface area contributed by atoms with Crippen LogP contribution in [0, 0.1) is 5.82 Å². The van der Waals surface area contributed by atoms with E-state index in [1.54, 1.807) is 12.1 Å². The summed E-state index contributed by atoms with van der Waals surface area (Å²) in [5, 5.41) is 8.74. The third-order valence-electron chi connectivity index (χ3n) is 3.01. The summed E-state index contributed by atoms with van der Waals surface area (Å²) in [5.74, 6) is -1.80. The topological polar surface area (TPSA) is 59.4 Å². The first-order valence-electron chi connectivity index (χ1n) is 6.75. The number of carbonyl (C=O) groups is 1. The molecule has 1 N–H and O–H groups in total. The molecule has 1 heterocycles. The fraction of sp³-hybridized carbons (Fsp3) is 0.250. The van der Waals surface area contributed by atoms with Crippen molar-refractivity contribution in [3.05, 3.63) is 53.5 Å². The highest BCUT2D eigenvalue weighted by Crippen LogP contribution is 2.23. The van der Waals surface area contributed by atoms with E-state index in [0.29, 0.717) is 5.75 Å². The van der Waals surface area contributed by atoms with Crippen molar-refractivity contribution in [2.45, 2.75) is 26.2 Å². The number of ether oxygens (including phenoxy) is 1. The highest BCUT2D eigenvalue weighted by atomic mass is 19.1. The van der Waals surface area contributed by atoms with E-state index in [4.69, 9.17) is 9.84 Å². The second-order valence-electron chi connectivity index (χ2n) is 4.67. The van der Waals surface area contributed by atoms with Crippen molar-refractivity contribution in [1.82, 2.24) is 4.98 Å². The molecular formula is C16H16FNO3.